The van der Waals surface area contributed by atoms with Gasteiger partial charge >= 0.3 is 0 Å². The number of piperazine rings is 1. The summed E-state index contributed by atoms with van der Waals surface area (Å²) in [7, 11) is 0. The van der Waals surface area contributed by atoms with Crippen LogP contribution in [-0.2, 0) is 0 Å². The number of hydrogen-bond acceptors (Lipinski definition) is 4. The van der Waals surface area contributed by atoms with Crippen molar-refractivity contribution < 1.29 is 5.11 Å². The molecule has 0 radical (unpaired) electrons. The van der Waals surface area contributed by atoms with Crippen LogP contribution in [0.25, 0.3) is 0 Å². The maximum Gasteiger partial charge on any atom is 0.0611 e. The number of aliphatic hydroxyl groups excluding tert-OH is 1. The summed E-state index contributed by atoms with van der Waals surface area (Å²) in [4.78, 5) is 5.15. The van der Waals surface area contributed by atoms with Gasteiger partial charge in [-0.1, -0.05) is 27.7 Å². The Morgan fingerprint density at radius 1 is 1.05 bits per heavy atom. The Kier molecular flexibility index (Phi) is 7.62. The van der Waals surface area contributed by atoms with E-state index in [2.05, 4.69) is 56.7 Å². The summed E-state index contributed by atoms with van der Waals surface area (Å²) in [6, 6.07) is 0.909. The van der Waals surface area contributed by atoms with Crippen molar-refractivity contribution >= 4 is 0 Å². The lowest BCUT2D eigenvalue weighted by molar-refractivity contribution is 0.0653. The highest BCUT2D eigenvalue weighted by atomic mass is 16.3. The fourth-order valence-electron chi connectivity index (χ4n) is 3.55. The zero-order valence-corrected chi connectivity index (χ0v) is 15.0. The molecule has 0 spiro atoms. The van der Waals surface area contributed by atoms with E-state index in [1.807, 2.05) is 0 Å². The van der Waals surface area contributed by atoms with Gasteiger partial charge in [0.25, 0.3) is 0 Å². The Bertz CT molecular complexity index is 288. The van der Waals surface area contributed by atoms with Gasteiger partial charge in [-0.25, -0.2) is 0 Å². The Balaban J connectivity index is 2.44. The third-order valence-corrected chi connectivity index (χ3v) is 4.39. The lowest BCUT2D eigenvalue weighted by Crippen LogP contribution is -2.56. The molecule has 2 atom stereocenters. The third kappa shape index (κ3) is 6.64. The average Bonchev–Trinajstić information content (AvgIpc) is 2.37. The lowest BCUT2D eigenvalue weighted by atomic mass is 9.92. The van der Waals surface area contributed by atoms with E-state index in [4.69, 9.17) is 0 Å². The van der Waals surface area contributed by atoms with Gasteiger partial charge < -0.3 is 15.3 Å². The van der Waals surface area contributed by atoms with E-state index in [0.29, 0.717) is 12.1 Å². The summed E-state index contributed by atoms with van der Waals surface area (Å²) in [5, 5.41) is 13.3. The number of rotatable bonds is 8. The van der Waals surface area contributed by atoms with Crippen LogP contribution >= 0.6 is 0 Å². The minimum Gasteiger partial charge on any atom is -0.394 e. The molecule has 126 valence electrons. The zero-order valence-electron chi connectivity index (χ0n) is 15.0. The lowest BCUT2D eigenvalue weighted by Gasteiger charge is -2.42. The van der Waals surface area contributed by atoms with Crippen molar-refractivity contribution in [2.75, 3.05) is 39.3 Å². The van der Waals surface area contributed by atoms with E-state index in [-0.39, 0.29) is 12.1 Å². The molecule has 2 unspecified atom stereocenters. The highest BCUT2D eigenvalue weighted by Crippen LogP contribution is 2.18. The van der Waals surface area contributed by atoms with Gasteiger partial charge in [0.15, 0.2) is 0 Å². The van der Waals surface area contributed by atoms with Crippen LogP contribution < -0.4 is 5.32 Å². The Labute approximate surface area is 131 Å². The second-order valence-corrected chi connectivity index (χ2v) is 7.80. The number of nitrogens with one attached hydrogen (secondary N) is 1. The molecule has 2 N–H and O–H groups in total. The number of hydrogen-bond donors (Lipinski definition) is 2. The first-order valence-corrected chi connectivity index (χ1v) is 8.60. The van der Waals surface area contributed by atoms with Gasteiger partial charge in [-0.05, 0) is 26.2 Å². The van der Waals surface area contributed by atoms with Crippen LogP contribution in [0.4, 0.5) is 0 Å². The highest BCUT2D eigenvalue weighted by molar-refractivity contribution is 4.89. The van der Waals surface area contributed by atoms with E-state index in [0.717, 1.165) is 25.4 Å². The van der Waals surface area contributed by atoms with Crippen LogP contribution in [0.3, 0.4) is 0 Å². The van der Waals surface area contributed by atoms with Gasteiger partial charge in [-0.2, -0.15) is 0 Å². The van der Waals surface area contributed by atoms with Crippen LogP contribution in [0.2, 0.25) is 0 Å². The predicted octanol–water partition coefficient (Wildman–Crippen LogP) is 1.79. The highest BCUT2D eigenvalue weighted by Gasteiger charge is 2.30. The van der Waals surface area contributed by atoms with E-state index in [9.17, 15) is 5.11 Å². The first-order valence-electron chi connectivity index (χ1n) is 8.60. The molecular formula is C17H37N3O. The third-order valence-electron chi connectivity index (χ3n) is 4.39. The topological polar surface area (TPSA) is 38.7 Å². The molecule has 0 aromatic carbocycles. The smallest absolute Gasteiger partial charge is 0.0611 e. The second kappa shape index (κ2) is 8.47. The van der Waals surface area contributed by atoms with Crippen LogP contribution in [-0.4, -0.2) is 71.9 Å². The molecule has 0 saturated carbocycles. The summed E-state index contributed by atoms with van der Waals surface area (Å²) < 4.78 is 0. The van der Waals surface area contributed by atoms with Gasteiger partial charge in [0.05, 0.1) is 6.61 Å². The van der Waals surface area contributed by atoms with E-state index < -0.39 is 0 Å². The van der Waals surface area contributed by atoms with E-state index in [1.165, 1.54) is 19.6 Å². The first-order chi connectivity index (χ1) is 9.75. The fraction of sp³-hybridized carbons (Fsp3) is 1.00. The van der Waals surface area contributed by atoms with Crippen molar-refractivity contribution in [2.24, 2.45) is 5.92 Å². The van der Waals surface area contributed by atoms with Crippen molar-refractivity contribution in [1.82, 2.24) is 15.1 Å². The van der Waals surface area contributed by atoms with E-state index >= 15 is 0 Å². The fourth-order valence-corrected chi connectivity index (χ4v) is 3.55. The van der Waals surface area contributed by atoms with Gasteiger partial charge in [0, 0.05) is 50.3 Å². The minimum atomic E-state index is -0.178. The maximum absolute atomic E-state index is 9.73. The van der Waals surface area contributed by atoms with Crippen molar-refractivity contribution in [1.29, 1.82) is 0 Å². The molecule has 0 aliphatic carbocycles. The Morgan fingerprint density at radius 2 is 1.62 bits per heavy atom. The molecule has 1 rings (SSSR count). The summed E-state index contributed by atoms with van der Waals surface area (Å²) in [6.07, 6.45) is 0.992. The van der Waals surface area contributed by atoms with Crippen molar-refractivity contribution in [2.45, 2.75) is 65.6 Å². The molecule has 1 aliphatic rings. The van der Waals surface area contributed by atoms with Crippen molar-refractivity contribution in [3.63, 3.8) is 0 Å². The molecule has 0 aromatic heterocycles. The first kappa shape index (κ1) is 18.9. The normalized spacial score (nSPS) is 22.7. The molecule has 1 saturated heterocycles. The van der Waals surface area contributed by atoms with Gasteiger partial charge in [0.1, 0.15) is 0 Å². The molecule has 1 fully saturated rings. The summed E-state index contributed by atoms with van der Waals surface area (Å²) in [6.45, 7) is 19.4. The number of aliphatic hydroxyl groups is 1. The molecule has 0 bridgehead atoms. The molecule has 1 aliphatic heterocycles. The second-order valence-electron chi connectivity index (χ2n) is 7.80. The van der Waals surface area contributed by atoms with Gasteiger partial charge in [-0.3, -0.25) is 4.90 Å². The standard InChI is InChI=1S/C17H37N3O/c1-14(2)12-19-7-9-20(10-8-19)16(5)11-17(6,13-21)18-15(3)4/h14-16,18,21H,7-13H2,1-6H3. The molecule has 21 heavy (non-hydrogen) atoms. The monoisotopic (exact) mass is 299 g/mol. The van der Waals surface area contributed by atoms with Crippen LogP contribution in [0.1, 0.15) is 48.0 Å². The largest absolute Gasteiger partial charge is 0.394 e. The predicted molar refractivity (Wildman–Crippen MR) is 90.7 cm³/mol. The molecule has 4 heteroatoms. The molecule has 1 heterocycles. The summed E-state index contributed by atoms with van der Waals surface area (Å²) in [5.74, 6) is 0.752. The van der Waals surface area contributed by atoms with Crippen LogP contribution in [0.15, 0.2) is 0 Å². The summed E-state index contributed by atoms with van der Waals surface area (Å²) in [5.41, 5.74) is -0.178. The number of nitrogens with zero attached hydrogens (tertiary/aromatic N) is 2. The van der Waals surface area contributed by atoms with E-state index in [1.54, 1.807) is 0 Å². The van der Waals surface area contributed by atoms with Gasteiger partial charge in [0.2, 0.25) is 0 Å². The summed E-state index contributed by atoms with van der Waals surface area (Å²) >= 11 is 0. The molecule has 0 aromatic rings. The maximum atomic E-state index is 9.73. The average molecular weight is 300 g/mol. The van der Waals surface area contributed by atoms with Crippen molar-refractivity contribution in [3.8, 4) is 0 Å². The SMILES string of the molecule is CC(C)CN1CCN(C(C)CC(C)(CO)NC(C)C)CC1. The Hall–Kier alpha value is -0.160. The quantitative estimate of drug-likeness (QED) is 0.717. The van der Waals surface area contributed by atoms with Crippen LogP contribution in [0, 0.1) is 5.92 Å². The molecular weight excluding hydrogens is 262 g/mol. The minimum absolute atomic E-state index is 0.178. The molecule has 4 nitrogen and oxygen atoms in total. The Morgan fingerprint density at radius 3 is 2.05 bits per heavy atom. The zero-order chi connectivity index (χ0) is 16.0. The van der Waals surface area contributed by atoms with Gasteiger partial charge in [-0.15, -0.1) is 0 Å². The molecule has 0 amide bonds. The van der Waals surface area contributed by atoms with Crippen molar-refractivity contribution in [3.05, 3.63) is 0 Å². The van der Waals surface area contributed by atoms with Crippen LogP contribution in [0.5, 0.6) is 0 Å².